The minimum absolute atomic E-state index is 0.247. The van der Waals surface area contributed by atoms with Crippen LogP contribution in [0.3, 0.4) is 0 Å². The standard InChI is InChI=1S/C23H17N3O/c27-17-12-10-16(11-13-17)22-21(15-6-2-1-3-7-15)25-23(26-22)19-14-24-20-9-5-4-8-18(19)20/h1-14,24,27H,(H,25,26). The molecule has 27 heavy (non-hydrogen) atoms. The largest absolute Gasteiger partial charge is 0.508 e. The number of fused-ring (bicyclic) bond motifs is 1. The zero-order valence-electron chi connectivity index (χ0n) is 14.5. The lowest BCUT2D eigenvalue weighted by molar-refractivity contribution is 0.475. The number of hydrogen-bond acceptors (Lipinski definition) is 2. The highest BCUT2D eigenvalue weighted by Gasteiger charge is 2.17. The van der Waals surface area contributed by atoms with Crippen molar-refractivity contribution >= 4 is 10.9 Å². The molecule has 0 saturated carbocycles. The number of imidazole rings is 1. The third-order valence-corrected chi connectivity index (χ3v) is 4.75. The fourth-order valence-electron chi connectivity index (χ4n) is 3.41. The molecule has 3 N–H and O–H groups in total. The van der Waals surface area contributed by atoms with Gasteiger partial charge in [0, 0.05) is 33.8 Å². The lowest BCUT2D eigenvalue weighted by Crippen LogP contribution is -1.83. The molecule has 0 spiro atoms. The van der Waals surface area contributed by atoms with Crippen LogP contribution in [0.15, 0.2) is 85.1 Å². The summed E-state index contributed by atoms with van der Waals surface area (Å²) in [5.41, 5.74) is 5.96. The van der Waals surface area contributed by atoms with Crippen LogP contribution in [0.4, 0.5) is 0 Å². The summed E-state index contributed by atoms with van der Waals surface area (Å²) in [6.07, 6.45) is 1.98. The highest BCUT2D eigenvalue weighted by atomic mass is 16.3. The summed E-state index contributed by atoms with van der Waals surface area (Å²) in [6.45, 7) is 0. The number of phenolic OH excluding ortho intramolecular Hbond substituents is 1. The van der Waals surface area contributed by atoms with E-state index in [-0.39, 0.29) is 5.75 Å². The van der Waals surface area contributed by atoms with Crippen molar-refractivity contribution in [3.63, 3.8) is 0 Å². The lowest BCUT2D eigenvalue weighted by Gasteiger charge is -2.03. The Morgan fingerprint density at radius 3 is 2.30 bits per heavy atom. The molecule has 0 aliphatic heterocycles. The number of para-hydroxylation sites is 1. The second kappa shape index (κ2) is 6.18. The van der Waals surface area contributed by atoms with Crippen LogP contribution in [0.1, 0.15) is 0 Å². The van der Waals surface area contributed by atoms with Crippen molar-refractivity contribution in [1.29, 1.82) is 0 Å². The molecule has 2 heterocycles. The quantitative estimate of drug-likeness (QED) is 0.396. The summed E-state index contributed by atoms with van der Waals surface area (Å²) in [5, 5.41) is 10.8. The molecule has 4 heteroatoms. The zero-order valence-corrected chi connectivity index (χ0v) is 14.5. The average molecular weight is 351 g/mol. The van der Waals surface area contributed by atoms with Crippen LogP contribution in [0.2, 0.25) is 0 Å². The molecule has 0 unspecified atom stereocenters. The maximum Gasteiger partial charge on any atom is 0.140 e. The highest BCUT2D eigenvalue weighted by molar-refractivity contribution is 5.95. The van der Waals surface area contributed by atoms with Crippen LogP contribution >= 0.6 is 0 Å². The number of phenols is 1. The van der Waals surface area contributed by atoms with E-state index in [0.717, 1.165) is 44.8 Å². The van der Waals surface area contributed by atoms with E-state index in [4.69, 9.17) is 4.98 Å². The maximum atomic E-state index is 9.63. The van der Waals surface area contributed by atoms with Crippen molar-refractivity contribution in [2.75, 3.05) is 0 Å². The van der Waals surface area contributed by atoms with Crippen LogP contribution in [-0.4, -0.2) is 20.1 Å². The van der Waals surface area contributed by atoms with Gasteiger partial charge in [0.05, 0.1) is 11.4 Å². The van der Waals surface area contributed by atoms with Crippen molar-refractivity contribution in [3.05, 3.63) is 85.1 Å². The molecule has 5 aromatic rings. The maximum absolute atomic E-state index is 9.63. The van der Waals surface area contributed by atoms with Crippen molar-refractivity contribution in [2.24, 2.45) is 0 Å². The molecule has 3 aromatic carbocycles. The first-order chi connectivity index (χ1) is 13.3. The van der Waals surface area contributed by atoms with E-state index < -0.39 is 0 Å². The number of H-pyrrole nitrogens is 2. The Labute approximate surface area is 156 Å². The lowest BCUT2D eigenvalue weighted by atomic mass is 10.1. The first kappa shape index (κ1) is 15.5. The second-order valence-electron chi connectivity index (χ2n) is 6.47. The number of rotatable bonds is 3. The highest BCUT2D eigenvalue weighted by Crippen LogP contribution is 2.35. The fraction of sp³-hybridized carbons (Fsp3) is 0. The predicted octanol–water partition coefficient (Wildman–Crippen LogP) is 5.60. The van der Waals surface area contributed by atoms with Crippen LogP contribution in [0.25, 0.3) is 44.8 Å². The Bertz CT molecular complexity index is 1220. The first-order valence-corrected chi connectivity index (χ1v) is 8.81. The van der Waals surface area contributed by atoms with Crippen LogP contribution < -0.4 is 0 Å². The third kappa shape index (κ3) is 2.68. The minimum Gasteiger partial charge on any atom is -0.508 e. The van der Waals surface area contributed by atoms with E-state index >= 15 is 0 Å². The SMILES string of the molecule is Oc1ccc(-c2[nH]c(-c3c[nH]c4ccccc34)nc2-c2ccccc2)cc1. The molecule has 5 rings (SSSR count). The number of aromatic nitrogens is 3. The van der Waals surface area contributed by atoms with Gasteiger partial charge in [-0.15, -0.1) is 0 Å². The summed E-state index contributed by atoms with van der Waals surface area (Å²) < 4.78 is 0. The summed E-state index contributed by atoms with van der Waals surface area (Å²) in [7, 11) is 0. The van der Waals surface area contributed by atoms with Gasteiger partial charge in [0.1, 0.15) is 11.6 Å². The van der Waals surface area contributed by atoms with E-state index in [0.29, 0.717) is 0 Å². The van der Waals surface area contributed by atoms with Gasteiger partial charge >= 0.3 is 0 Å². The smallest absolute Gasteiger partial charge is 0.140 e. The van der Waals surface area contributed by atoms with Gasteiger partial charge in [-0.05, 0) is 30.3 Å². The summed E-state index contributed by atoms with van der Waals surface area (Å²) in [6, 6.07) is 25.5. The van der Waals surface area contributed by atoms with Crippen LogP contribution in [-0.2, 0) is 0 Å². The van der Waals surface area contributed by atoms with Crippen molar-refractivity contribution in [2.45, 2.75) is 0 Å². The Hall–Kier alpha value is -3.79. The molecule has 0 atom stereocenters. The van der Waals surface area contributed by atoms with Gasteiger partial charge < -0.3 is 15.1 Å². The van der Waals surface area contributed by atoms with E-state index in [1.54, 1.807) is 12.1 Å². The van der Waals surface area contributed by atoms with E-state index in [1.807, 2.05) is 48.7 Å². The van der Waals surface area contributed by atoms with Crippen LogP contribution in [0.5, 0.6) is 5.75 Å². The van der Waals surface area contributed by atoms with Crippen molar-refractivity contribution < 1.29 is 5.11 Å². The average Bonchev–Trinajstić information content (AvgIpc) is 3.33. The molecular formula is C23H17N3O. The van der Waals surface area contributed by atoms with Gasteiger partial charge in [0.15, 0.2) is 0 Å². The number of aromatic hydroxyl groups is 1. The van der Waals surface area contributed by atoms with E-state index in [1.165, 1.54) is 0 Å². The molecule has 2 aromatic heterocycles. The van der Waals surface area contributed by atoms with Crippen LogP contribution in [0, 0.1) is 0 Å². The predicted molar refractivity (Wildman–Crippen MR) is 108 cm³/mol. The van der Waals surface area contributed by atoms with Gasteiger partial charge in [0.25, 0.3) is 0 Å². The molecule has 0 bridgehead atoms. The molecule has 0 aliphatic rings. The number of aromatic amines is 2. The number of hydrogen-bond donors (Lipinski definition) is 3. The number of nitrogens with zero attached hydrogens (tertiary/aromatic N) is 1. The minimum atomic E-state index is 0.247. The second-order valence-corrected chi connectivity index (χ2v) is 6.47. The van der Waals surface area contributed by atoms with Gasteiger partial charge in [0.2, 0.25) is 0 Å². The monoisotopic (exact) mass is 351 g/mol. The van der Waals surface area contributed by atoms with Gasteiger partial charge in [-0.1, -0.05) is 48.5 Å². The van der Waals surface area contributed by atoms with Gasteiger partial charge in [-0.3, -0.25) is 0 Å². The Kier molecular flexibility index (Phi) is 3.54. The van der Waals surface area contributed by atoms with Gasteiger partial charge in [-0.2, -0.15) is 0 Å². The summed E-state index contributed by atoms with van der Waals surface area (Å²) in [4.78, 5) is 11.7. The Morgan fingerprint density at radius 1 is 0.741 bits per heavy atom. The Balaban J connectivity index is 1.73. The molecule has 0 fully saturated rings. The first-order valence-electron chi connectivity index (χ1n) is 8.81. The van der Waals surface area contributed by atoms with E-state index in [2.05, 4.69) is 34.2 Å². The third-order valence-electron chi connectivity index (χ3n) is 4.75. The molecular weight excluding hydrogens is 334 g/mol. The molecule has 0 aliphatic carbocycles. The summed E-state index contributed by atoms with van der Waals surface area (Å²) >= 11 is 0. The molecule has 0 saturated heterocycles. The Morgan fingerprint density at radius 2 is 1.48 bits per heavy atom. The van der Waals surface area contributed by atoms with Gasteiger partial charge in [-0.25, -0.2) is 4.98 Å². The fourth-order valence-corrected chi connectivity index (χ4v) is 3.41. The molecule has 4 nitrogen and oxygen atoms in total. The molecule has 0 radical (unpaired) electrons. The summed E-state index contributed by atoms with van der Waals surface area (Å²) in [5.74, 6) is 1.06. The number of benzene rings is 3. The number of nitrogens with one attached hydrogen (secondary N) is 2. The van der Waals surface area contributed by atoms with E-state index in [9.17, 15) is 5.11 Å². The molecule has 130 valence electrons. The normalized spacial score (nSPS) is 11.1. The topological polar surface area (TPSA) is 64.7 Å². The zero-order chi connectivity index (χ0) is 18.2. The van der Waals surface area contributed by atoms with Crippen molar-refractivity contribution in [1.82, 2.24) is 15.0 Å². The van der Waals surface area contributed by atoms with Crippen molar-refractivity contribution in [3.8, 4) is 39.7 Å². The molecule has 0 amide bonds.